The predicted molar refractivity (Wildman–Crippen MR) is 167 cm³/mol. The van der Waals surface area contributed by atoms with E-state index in [0.717, 1.165) is 17.1 Å². The van der Waals surface area contributed by atoms with Crippen molar-refractivity contribution in [2.24, 2.45) is 0 Å². The third-order valence-electron chi connectivity index (χ3n) is 6.53. The third-order valence-corrected chi connectivity index (χ3v) is 8.35. The van der Waals surface area contributed by atoms with Crippen LogP contribution in [0.1, 0.15) is 44.0 Å². The number of anilines is 2. The SMILES string of the molecule is CCCCOC(=O)c1cc(Nc2c(S(=O)(=O)N(C)C)cnc3cc(-c4cnc(OC)nc4OC)ccc23)cc(OC(C)C)c1. The zero-order chi connectivity index (χ0) is 32.0. The van der Waals surface area contributed by atoms with Gasteiger partial charge in [0.2, 0.25) is 15.9 Å². The van der Waals surface area contributed by atoms with Gasteiger partial charge in [-0.25, -0.2) is 22.5 Å². The van der Waals surface area contributed by atoms with E-state index in [4.69, 9.17) is 18.9 Å². The number of pyridine rings is 1. The summed E-state index contributed by atoms with van der Waals surface area (Å²) in [7, 11) is 1.92. The number of esters is 1. The lowest BCUT2D eigenvalue weighted by atomic mass is 10.0. The third kappa shape index (κ3) is 7.17. The maximum absolute atomic E-state index is 13.5. The number of sulfonamides is 1. The molecule has 0 aliphatic heterocycles. The van der Waals surface area contributed by atoms with Crippen LogP contribution in [0.3, 0.4) is 0 Å². The summed E-state index contributed by atoms with van der Waals surface area (Å²) in [5.74, 6) is 0.232. The number of fused-ring (bicyclic) bond motifs is 1. The molecule has 2 heterocycles. The summed E-state index contributed by atoms with van der Waals surface area (Å²) in [6.45, 7) is 6.05. The first-order chi connectivity index (χ1) is 21.0. The molecule has 0 spiro atoms. The van der Waals surface area contributed by atoms with Gasteiger partial charge in [-0.15, -0.1) is 0 Å². The predicted octanol–water partition coefficient (Wildman–Crippen LogP) is 5.45. The highest BCUT2D eigenvalue weighted by Crippen LogP contribution is 2.37. The van der Waals surface area contributed by atoms with E-state index in [0.29, 0.717) is 46.0 Å². The topological polar surface area (TPSA) is 142 Å². The molecule has 0 fully saturated rings. The van der Waals surface area contributed by atoms with Crippen LogP contribution in [0.2, 0.25) is 0 Å². The number of carbonyl (C=O) groups is 1. The van der Waals surface area contributed by atoms with E-state index in [1.165, 1.54) is 34.5 Å². The molecule has 2 aromatic heterocycles. The largest absolute Gasteiger partial charge is 0.491 e. The first-order valence-electron chi connectivity index (χ1n) is 14.0. The minimum Gasteiger partial charge on any atom is -0.491 e. The van der Waals surface area contributed by atoms with Crippen LogP contribution < -0.4 is 19.5 Å². The molecular formula is C31H37N5O7S. The summed E-state index contributed by atoms with van der Waals surface area (Å²) in [5.41, 5.74) is 2.77. The summed E-state index contributed by atoms with van der Waals surface area (Å²) in [6.07, 6.45) is 4.34. The molecule has 0 amide bonds. The number of methoxy groups -OCH3 is 2. The molecule has 44 heavy (non-hydrogen) atoms. The van der Waals surface area contributed by atoms with Gasteiger partial charge in [0.05, 0.1) is 49.3 Å². The van der Waals surface area contributed by atoms with Crippen molar-refractivity contribution < 1.29 is 32.2 Å². The number of carbonyl (C=O) groups excluding carboxylic acids is 1. The quantitative estimate of drug-likeness (QED) is 0.150. The van der Waals surface area contributed by atoms with Crippen LogP contribution in [0, 0.1) is 0 Å². The van der Waals surface area contributed by atoms with Crippen molar-refractivity contribution in [3.8, 4) is 28.8 Å². The Balaban J connectivity index is 1.87. The molecule has 0 atom stereocenters. The fourth-order valence-corrected chi connectivity index (χ4v) is 5.33. The maximum Gasteiger partial charge on any atom is 0.338 e. The molecule has 1 N–H and O–H groups in total. The van der Waals surface area contributed by atoms with E-state index in [1.807, 2.05) is 20.8 Å². The highest BCUT2D eigenvalue weighted by molar-refractivity contribution is 7.89. The summed E-state index contributed by atoms with van der Waals surface area (Å²) in [4.78, 5) is 25.8. The number of rotatable bonds is 13. The monoisotopic (exact) mass is 623 g/mol. The normalized spacial score (nSPS) is 11.6. The first kappa shape index (κ1) is 32.4. The Morgan fingerprint density at radius 1 is 1.02 bits per heavy atom. The lowest BCUT2D eigenvalue weighted by molar-refractivity contribution is 0.0499. The molecule has 0 bridgehead atoms. The summed E-state index contributed by atoms with van der Waals surface area (Å²) < 4.78 is 49.9. The summed E-state index contributed by atoms with van der Waals surface area (Å²) in [6, 6.07) is 10.4. The molecule has 234 valence electrons. The van der Waals surface area contributed by atoms with Crippen LogP contribution in [-0.4, -0.2) is 74.7 Å². The molecule has 0 radical (unpaired) electrons. The zero-order valence-electron chi connectivity index (χ0n) is 25.9. The van der Waals surface area contributed by atoms with Gasteiger partial charge in [-0.3, -0.25) is 4.98 Å². The number of nitrogens with zero attached hydrogens (tertiary/aromatic N) is 4. The molecule has 2 aromatic carbocycles. The minimum atomic E-state index is -3.94. The average Bonchev–Trinajstić information content (AvgIpc) is 3.00. The highest BCUT2D eigenvalue weighted by atomic mass is 32.2. The molecule has 13 heteroatoms. The van der Waals surface area contributed by atoms with E-state index in [1.54, 1.807) is 42.6 Å². The number of benzene rings is 2. The Morgan fingerprint density at radius 2 is 1.80 bits per heavy atom. The van der Waals surface area contributed by atoms with Gasteiger partial charge in [0, 0.05) is 43.6 Å². The first-order valence-corrected chi connectivity index (χ1v) is 15.5. The molecule has 0 unspecified atom stereocenters. The van der Waals surface area contributed by atoms with Gasteiger partial charge in [0.25, 0.3) is 0 Å². The minimum absolute atomic E-state index is 0.0460. The second kappa shape index (κ2) is 13.9. The number of aromatic nitrogens is 3. The van der Waals surface area contributed by atoms with Gasteiger partial charge >= 0.3 is 12.0 Å². The second-order valence-corrected chi connectivity index (χ2v) is 12.4. The Hall–Kier alpha value is -4.49. The van der Waals surface area contributed by atoms with Gasteiger partial charge in [0.15, 0.2) is 0 Å². The number of nitrogens with one attached hydrogen (secondary N) is 1. The van der Waals surface area contributed by atoms with Crippen LogP contribution in [0.5, 0.6) is 17.6 Å². The Labute approximate surface area is 257 Å². The van der Waals surface area contributed by atoms with E-state index in [-0.39, 0.29) is 28.3 Å². The van der Waals surface area contributed by atoms with Crippen molar-refractivity contribution in [1.82, 2.24) is 19.3 Å². The number of hydrogen-bond acceptors (Lipinski definition) is 11. The van der Waals surface area contributed by atoms with Gasteiger partial charge in [0.1, 0.15) is 10.6 Å². The van der Waals surface area contributed by atoms with Crippen molar-refractivity contribution in [2.75, 3.05) is 40.2 Å². The Morgan fingerprint density at radius 3 is 2.45 bits per heavy atom. The maximum atomic E-state index is 13.5. The summed E-state index contributed by atoms with van der Waals surface area (Å²) in [5, 5.41) is 3.77. The number of hydrogen-bond donors (Lipinski definition) is 1. The second-order valence-electron chi connectivity index (χ2n) is 10.3. The fraction of sp³-hybridized carbons (Fsp3) is 0.355. The van der Waals surface area contributed by atoms with Crippen molar-refractivity contribution in [3.63, 3.8) is 0 Å². The lowest BCUT2D eigenvalue weighted by Crippen LogP contribution is -2.23. The molecule has 0 aliphatic carbocycles. The van der Waals surface area contributed by atoms with E-state index in [9.17, 15) is 13.2 Å². The van der Waals surface area contributed by atoms with Crippen LogP contribution in [-0.2, 0) is 14.8 Å². The summed E-state index contributed by atoms with van der Waals surface area (Å²) >= 11 is 0. The van der Waals surface area contributed by atoms with E-state index in [2.05, 4.69) is 20.3 Å². The zero-order valence-corrected chi connectivity index (χ0v) is 26.7. The van der Waals surface area contributed by atoms with Crippen molar-refractivity contribution >= 4 is 38.3 Å². The molecule has 12 nitrogen and oxygen atoms in total. The van der Waals surface area contributed by atoms with Crippen LogP contribution in [0.4, 0.5) is 11.4 Å². The smallest absolute Gasteiger partial charge is 0.338 e. The molecule has 0 saturated carbocycles. The van der Waals surface area contributed by atoms with Crippen LogP contribution in [0.15, 0.2) is 53.7 Å². The van der Waals surface area contributed by atoms with Gasteiger partial charge in [-0.2, -0.15) is 4.98 Å². The molecule has 4 aromatic rings. The highest BCUT2D eigenvalue weighted by Gasteiger charge is 2.25. The molecule has 0 saturated heterocycles. The number of unbranched alkanes of at least 4 members (excludes halogenated alkanes) is 1. The van der Waals surface area contributed by atoms with Crippen LogP contribution >= 0.6 is 0 Å². The van der Waals surface area contributed by atoms with Gasteiger partial charge in [-0.05, 0) is 44.0 Å². The van der Waals surface area contributed by atoms with E-state index < -0.39 is 16.0 Å². The molecule has 4 rings (SSSR count). The lowest BCUT2D eigenvalue weighted by Gasteiger charge is -2.19. The van der Waals surface area contributed by atoms with Crippen LogP contribution in [0.25, 0.3) is 22.0 Å². The van der Waals surface area contributed by atoms with Crippen molar-refractivity contribution in [1.29, 1.82) is 0 Å². The van der Waals surface area contributed by atoms with Crippen molar-refractivity contribution in [2.45, 2.75) is 44.6 Å². The molecule has 0 aliphatic rings. The van der Waals surface area contributed by atoms with E-state index >= 15 is 0 Å². The molecular weight excluding hydrogens is 586 g/mol. The standard InChI is InChI=1S/C31H37N5O7S/c1-8-9-12-42-30(37)21-13-22(16-23(14-21)43-19(2)3)34-28-24-11-10-20(25-17-33-31(41-7)35-29(25)40-6)15-26(24)32-18-27(28)44(38,39)36(4)5/h10-11,13-19H,8-9,12H2,1-7H3,(H,32,34). The van der Waals surface area contributed by atoms with Gasteiger partial charge < -0.3 is 24.3 Å². The number of ether oxygens (including phenoxy) is 4. The Bertz CT molecular complexity index is 1760. The fourth-order valence-electron chi connectivity index (χ4n) is 4.33. The van der Waals surface area contributed by atoms with Crippen molar-refractivity contribution in [3.05, 3.63) is 54.4 Å². The Kier molecular flexibility index (Phi) is 10.2. The average molecular weight is 624 g/mol. The van der Waals surface area contributed by atoms with Gasteiger partial charge in [-0.1, -0.05) is 25.5 Å².